The van der Waals surface area contributed by atoms with Gasteiger partial charge >= 0.3 is 0 Å². The Balaban J connectivity index is 3.12. The minimum atomic E-state index is 0.0465. The van der Waals surface area contributed by atoms with Crippen molar-refractivity contribution in [3.63, 3.8) is 0 Å². The molecule has 1 unspecified atom stereocenters. The van der Waals surface area contributed by atoms with Crippen LogP contribution in [0.4, 0.5) is 11.6 Å². The van der Waals surface area contributed by atoms with Gasteiger partial charge in [0.2, 0.25) is 0 Å². The molecule has 1 aromatic heterocycles. The molecule has 0 aliphatic carbocycles. The molecular formula is C16H30N4O. The fraction of sp³-hybridized carbons (Fsp3) is 0.750. The first kappa shape index (κ1) is 17.7. The molecule has 0 aromatic carbocycles. The topological polar surface area (TPSA) is 70.1 Å². The summed E-state index contributed by atoms with van der Waals surface area (Å²) >= 11 is 0. The van der Waals surface area contributed by atoms with Crippen LogP contribution in [0.15, 0.2) is 0 Å². The summed E-state index contributed by atoms with van der Waals surface area (Å²) in [5, 5.41) is 16.0. The number of aliphatic hydroxyl groups is 1. The summed E-state index contributed by atoms with van der Waals surface area (Å²) in [6.07, 6.45) is 2.58. The summed E-state index contributed by atoms with van der Waals surface area (Å²) in [7, 11) is 1.88. The van der Waals surface area contributed by atoms with Gasteiger partial charge in [-0.1, -0.05) is 27.7 Å². The van der Waals surface area contributed by atoms with E-state index in [9.17, 15) is 5.11 Å². The number of hydrogen-bond donors (Lipinski definition) is 3. The van der Waals surface area contributed by atoms with Gasteiger partial charge in [-0.25, -0.2) is 9.97 Å². The average molecular weight is 294 g/mol. The molecule has 5 nitrogen and oxygen atoms in total. The van der Waals surface area contributed by atoms with Crippen LogP contribution in [0.5, 0.6) is 0 Å². The molecule has 1 aromatic rings. The van der Waals surface area contributed by atoms with Crippen LogP contribution in [0.2, 0.25) is 0 Å². The van der Waals surface area contributed by atoms with E-state index in [2.05, 4.69) is 48.3 Å². The minimum Gasteiger partial charge on any atom is -0.396 e. The van der Waals surface area contributed by atoms with Gasteiger partial charge < -0.3 is 15.7 Å². The van der Waals surface area contributed by atoms with Crippen molar-refractivity contribution in [2.24, 2.45) is 5.41 Å². The predicted molar refractivity (Wildman–Crippen MR) is 88.9 cm³/mol. The average Bonchev–Trinajstić information content (AvgIpc) is 2.40. The van der Waals surface area contributed by atoms with Gasteiger partial charge in [0.15, 0.2) is 0 Å². The zero-order chi connectivity index (χ0) is 16.0. The van der Waals surface area contributed by atoms with Crippen molar-refractivity contribution < 1.29 is 5.11 Å². The lowest BCUT2D eigenvalue weighted by Gasteiger charge is -2.32. The summed E-state index contributed by atoms with van der Waals surface area (Å²) in [5.41, 5.74) is 1.06. The molecule has 0 amide bonds. The second kappa shape index (κ2) is 7.59. The Kier molecular flexibility index (Phi) is 6.40. The van der Waals surface area contributed by atoms with Crippen LogP contribution in [-0.4, -0.2) is 34.8 Å². The molecule has 1 atom stereocenters. The zero-order valence-electron chi connectivity index (χ0n) is 14.2. The SMILES string of the molecule is CCCc1nc(NC)c(C)c(NC(CCO)C(C)(C)C)n1. The summed E-state index contributed by atoms with van der Waals surface area (Å²) < 4.78 is 0. The zero-order valence-corrected chi connectivity index (χ0v) is 14.2. The van der Waals surface area contributed by atoms with Crippen LogP contribution in [0.25, 0.3) is 0 Å². The summed E-state index contributed by atoms with van der Waals surface area (Å²) in [6, 6.07) is 0.162. The fourth-order valence-corrected chi connectivity index (χ4v) is 2.30. The molecular weight excluding hydrogens is 264 g/mol. The smallest absolute Gasteiger partial charge is 0.135 e. The quantitative estimate of drug-likeness (QED) is 0.721. The molecule has 1 heterocycles. The molecule has 5 heteroatoms. The molecule has 3 N–H and O–H groups in total. The molecule has 0 fully saturated rings. The van der Waals surface area contributed by atoms with Crippen LogP contribution in [0.1, 0.15) is 51.9 Å². The molecule has 0 radical (unpaired) electrons. The third kappa shape index (κ3) is 4.84. The van der Waals surface area contributed by atoms with Gasteiger partial charge in [0.25, 0.3) is 0 Å². The van der Waals surface area contributed by atoms with E-state index in [-0.39, 0.29) is 18.1 Å². The van der Waals surface area contributed by atoms with Gasteiger partial charge in [0.1, 0.15) is 17.5 Å². The largest absolute Gasteiger partial charge is 0.396 e. The second-order valence-corrected chi connectivity index (χ2v) is 6.54. The van der Waals surface area contributed by atoms with Gasteiger partial charge in [0.05, 0.1) is 0 Å². The van der Waals surface area contributed by atoms with Gasteiger partial charge in [-0.05, 0) is 25.2 Å². The number of nitrogens with zero attached hydrogens (tertiary/aromatic N) is 2. The van der Waals surface area contributed by atoms with E-state index in [4.69, 9.17) is 0 Å². The third-order valence-corrected chi connectivity index (χ3v) is 3.68. The summed E-state index contributed by atoms with van der Waals surface area (Å²) in [6.45, 7) is 10.8. The molecule has 0 saturated heterocycles. The van der Waals surface area contributed by atoms with Crippen LogP contribution in [-0.2, 0) is 6.42 Å². The van der Waals surface area contributed by atoms with Crippen LogP contribution >= 0.6 is 0 Å². The highest BCUT2D eigenvalue weighted by atomic mass is 16.3. The number of nitrogens with one attached hydrogen (secondary N) is 2. The molecule has 0 spiro atoms. The lowest BCUT2D eigenvalue weighted by atomic mass is 9.85. The first-order valence-corrected chi connectivity index (χ1v) is 7.76. The molecule has 120 valence electrons. The predicted octanol–water partition coefficient (Wildman–Crippen LogP) is 2.99. The minimum absolute atomic E-state index is 0.0465. The van der Waals surface area contributed by atoms with Gasteiger partial charge in [-0.3, -0.25) is 0 Å². The highest BCUT2D eigenvalue weighted by Gasteiger charge is 2.25. The second-order valence-electron chi connectivity index (χ2n) is 6.54. The summed E-state index contributed by atoms with van der Waals surface area (Å²) in [4.78, 5) is 9.21. The number of aliphatic hydroxyl groups excluding tert-OH is 1. The molecule has 1 rings (SSSR count). The monoisotopic (exact) mass is 294 g/mol. The number of aryl methyl sites for hydroxylation is 1. The fourth-order valence-electron chi connectivity index (χ4n) is 2.30. The van der Waals surface area contributed by atoms with E-state index in [1.807, 2.05) is 14.0 Å². The number of aromatic nitrogens is 2. The molecule has 0 saturated carbocycles. The molecule has 0 bridgehead atoms. The first-order valence-electron chi connectivity index (χ1n) is 7.76. The highest BCUT2D eigenvalue weighted by Crippen LogP contribution is 2.28. The van der Waals surface area contributed by atoms with E-state index in [0.29, 0.717) is 6.42 Å². The van der Waals surface area contributed by atoms with E-state index in [1.54, 1.807) is 0 Å². The Morgan fingerprint density at radius 3 is 2.29 bits per heavy atom. The van der Waals surface area contributed by atoms with Crippen molar-refractivity contribution in [3.05, 3.63) is 11.4 Å². The Hall–Kier alpha value is -1.36. The normalized spacial score (nSPS) is 13.1. The van der Waals surface area contributed by atoms with Crippen molar-refractivity contribution in [1.29, 1.82) is 0 Å². The van der Waals surface area contributed by atoms with Crippen molar-refractivity contribution in [2.75, 3.05) is 24.3 Å². The van der Waals surface area contributed by atoms with E-state index in [0.717, 1.165) is 35.9 Å². The van der Waals surface area contributed by atoms with Gasteiger partial charge in [0, 0.05) is 31.7 Å². The molecule has 21 heavy (non-hydrogen) atoms. The lowest BCUT2D eigenvalue weighted by Crippen LogP contribution is -2.35. The van der Waals surface area contributed by atoms with E-state index in [1.165, 1.54) is 0 Å². The maximum absolute atomic E-state index is 9.30. The molecule has 0 aliphatic heterocycles. The number of anilines is 2. The first-order chi connectivity index (χ1) is 9.83. The van der Waals surface area contributed by atoms with Crippen molar-refractivity contribution in [3.8, 4) is 0 Å². The van der Waals surface area contributed by atoms with E-state index < -0.39 is 0 Å². The maximum atomic E-state index is 9.30. The Labute approximate surface area is 128 Å². The van der Waals surface area contributed by atoms with Crippen molar-refractivity contribution in [1.82, 2.24) is 9.97 Å². The van der Waals surface area contributed by atoms with E-state index >= 15 is 0 Å². The van der Waals surface area contributed by atoms with Crippen molar-refractivity contribution in [2.45, 2.75) is 59.9 Å². The van der Waals surface area contributed by atoms with Crippen LogP contribution in [0.3, 0.4) is 0 Å². The Morgan fingerprint density at radius 1 is 1.19 bits per heavy atom. The van der Waals surface area contributed by atoms with Gasteiger partial charge in [-0.2, -0.15) is 0 Å². The summed E-state index contributed by atoms with van der Waals surface area (Å²) in [5.74, 6) is 2.59. The third-order valence-electron chi connectivity index (χ3n) is 3.68. The molecule has 0 aliphatic rings. The highest BCUT2D eigenvalue weighted by molar-refractivity contribution is 5.57. The number of hydrogen-bond acceptors (Lipinski definition) is 5. The standard InChI is InChI=1S/C16H30N4O/c1-7-8-13-19-14(17-6)11(2)15(20-13)18-12(9-10-21)16(3,4)5/h12,21H,7-10H2,1-6H3,(H2,17,18,19,20). The lowest BCUT2D eigenvalue weighted by molar-refractivity contribution is 0.235. The van der Waals surface area contributed by atoms with Crippen LogP contribution in [0, 0.1) is 12.3 Å². The maximum Gasteiger partial charge on any atom is 0.135 e. The van der Waals surface area contributed by atoms with Crippen molar-refractivity contribution >= 4 is 11.6 Å². The Morgan fingerprint density at radius 2 is 1.81 bits per heavy atom. The number of rotatable bonds is 7. The Bertz CT molecular complexity index is 454. The van der Waals surface area contributed by atoms with Gasteiger partial charge in [-0.15, -0.1) is 0 Å². The van der Waals surface area contributed by atoms with Crippen LogP contribution < -0.4 is 10.6 Å².